The quantitative estimate of drug-likeness (QED) is 0.300. The van der Waals surface area contributed by atoms with E-state index in [2.05, 4.69) is 48.8 Å². The van der Waals surface area contributed by atoms with Crippen LogP contribution in [0.25, 0.3) is 0 Å². The number of nitrogens with one attached hydrogen (secondary N) is 2. The van der Waals surface area contributed by atoms with Gasteiger partial charge in [0.2, 0.25) is 0 Å². The molecule has 2 nitrogen and oxygen atoms in total. The SMILES string of the molecule is CC1=CCCC([C@@]2(C3CCC[C@H](C)C3)C3=C(C=CC(C4C5CCCCC5NC5CCCCC54)C3)C3=C2CC(C2C4=C(CCCC4)NC4CCCCC42)CC3)=C1. The first-order valence-electron chi connectivity index (χ1n) is 24.8. The average Bonchev–Trinajstić information content (AvgIpc) is 3.51. The third kappa shape index (κ3) is 5.99. The molecule has 2 heteroatoms. The van der Waals surface area contributed by atoms with E-state index in [4.69, 9.17) is 0 Å². The summed E-state index contributed by atoms with van der Waals surface area (Å²) < 4.78 is 0. The fraction of sp³-hybridized carbons (Fsp3) is 0.774. The molecule has 0 aromatic carbocycles. The van der Waals surface area contributed by atoms with Crippen LogP contribution in [0, 0.1) is 58.7 Å². The van der Waals surface area contributed by atoms with Gasteiger partial charge in [0.15, 0.2) is 0 Å². The fourth-order valence-corrected chi connectivity index (χ4v) is 17.2. The van der Waals surface area contributed by atoms with Crippen molar-refractivity contribution in [3.05, 3.63) is 69.0 Å². The Bertz CT molecular complexity index is 1680. The number of allylic oxidation sites excluding steroid dienone is 12. The number of hydrogen-bond donors (Lipinski definition) is 2. The zero-order valence-electron chi connectivity index (χ0n) is 35.1. The van der Waals surface area contributed by atoms with Crippen molar-refractivity contribution >= 4 is 0 Å². The van der Waals surface area contributed by atoms with E-state index in [9.17, 15) is 0 Å². The first kappa shape index (κ1) is 36.3. The van der Waals surface area contributed by atoms with Crippen molar-refractivity contribution in [2.45, 2.75) is 199 Å². The van der Waals surface area contributed by atoms with E-state index in [1.807, 2.05) is 27.9 Å². The highest BCUT2D eigenvalue weighted by molar-refractivity contribution is 5.65. The third-order valence-electron chi connectivity index (χ3n) is 19.1. The molecule has 2 N–H and O–H groups in total. The summed E-state index contributed by atoms with van der Waals surface area (Å²) >= 11 is 0. The second-order valence-electron chi connectivity index (χ2n) is 21.8. The molecular weight excluding hydrogens is 665 g/mol. The van der Waals surface area contributed by atoms with Crippen LogP contribution in [0.1, 0.15) is 181 Å². The maximum absolute atomic E-state index is 4.35. The van der Waals surface area contributed by atoms with Crippen LogP contribution < -0.4 is 10.6 Å². The van der Waals surface area contributed by atoms with Gasteiger partial charge in [-0.3, -0.25) is 0 Å². The molecule has 0 aromatic rings. The summed E-state index contributed by atoms with van der Waals surface area (Å²) in [7, 11) is 0. The van der Waals surface area contributed by atoms with Gasteiger partial charge in [0, 0.05) is 29.2 Å². The van der Waals surface area contributed by atoms with Crippen LogP contribution in [0.5, 0.6) is 0 Å². The van der Waals surface area contributed by atoms with E-state index in [0.717, 1.165) is 71.4 Å². The average molecular weight is 741 g/mol. The predicted molar refractivity (Wildman–Crippen MR) is 229 cm³/mol. The zero-order valence-corrected chi connectivity index (χ0v) is 35.1. The van der Waals surface area contributed by atoms with Crippen LogP contribution in [-0.2, 0) is 0 Å². The molecule has 0 spiro atoms. The number of hydrogen-bond acceptors (Lipinski definition) is 2. The van der Waals surface area contributed by atoms with Gasteiger partial charge in [-0.2, -0.15) is 0 Å². The Labute approximate surface area is 336 Å². The molecule has 2 aliphatic heterocycles. The van der Waals surface area contributed by atoms with Crippen LogP contribution in [-0.4, -0.2) is 18.1 Å². The lowest BCUT2D eigenvalue weighted by Crippen LogP contribution is -2.60. The van der Waals surface area contributed by atoms with E-state index >= 15 is 0 Å². The molecule has 0 bridgehead atoms. The van der Waals surface area contributed by atoms with Crippen LogP contribution in [0.3, 0.4) is 0 Å². The van der Waals surface area contributed by atoms with Gasteiger partial charge < -0.3 is 10.6 Å². The van der Waals surface area contributed by atoms with Gasteiger partial charge in [0.05, 0.1) is 0 Å². The lowest BCUT2D eigenvalue weighted by atomic mass is 9.51. The molecule has 0 amide bonds. The Hall–Kier alpha value is -1.80. The summed E-state index contributed by atoms with van der Waals surface area (Å²) in [5, 5.41) is 8.60. The van der Waals surface area contributed by atoms with E-state index in [0.29, 0.717) is 0 Å². The van der Waals surface area contributed by atoms with Gasteiger partial charge in [-0.1, -0.05) is 99.3 Å². The molecule has 0 aromatic heterocycles. The lowest BCUT2D eigenvalue weighted by Gasteiger charge is -2.55. The fourth-order valence-electron chi connectivity index (χ4n) is 17.2. The summed E-state index contributed by atoms with van der Waals surface area (Å²) in [5.41, 5.74) is 15.0. The molecule has 4 saturated carbocycles. The minimum absolute atomic E-state index is 0.185. The van der Waals surface area contributed by atoms with Gasteiger partial charge in [-0.05, 0) is 198 Å². The Morgan fingerprint density at radius 3 is 2.20 bits per heavy atom. The molecule has 11 rings (SSSR count). The van der Waals surface area contributed by atoms with Crippen molar-refractivity contribution in [1.29, 1.82) is 0 Å². The maximum Gasteiger partial charge on any atom is 0.0376 e. The standard InChI is InChI=1S/C53H76N2/c1-33-13-11-15-37(29-33)53(38-16-12-14-34(2)30-38)45-31-35(51-41-17-3-7-21-47(41)54-48-22-8-4-18-42(48)51)25-27-39(45)40-28-26-36(32-46(40)53)52-43-19-5-9-23-49(43)55-50-24-10-6-20-44(50)52/h13,25,27,29,34-36,38,41-43,47-49,51-52,54-55H,3-12,14-24,26,28,30-32H2,1-2H3/t34-,35?,36?,38?,41?,42?,43?,47?,48?,49?,51?,52?,53+/m0/s1. The molecule has 10 unspecified atom stereocenters. The second kappa shape index (κ2) is 14.8. The van der Waals surface area contributed by atoms with Crippen LogP contribution in [0.4, 0.5) is 0 Å². The molecule has 12 atom stereocenters. The summed E-state index contributed by atoms with van der Waals surface area (Å²) in [6.45, 7) is 5.07. The smallest absolute Gasteiger partial charge is 0.0376 e. The molecule has 5 fully saturated rings. The molecule has 298 valence electrons. The molecule has 1 saturated heterocycles. The highest BCUT2D eigenvalue weighted by Crippen LogP contribution is 2.68. The largest absolute Gasteiger partial charge is 0.385 e. The number of fused-ring (bicyclic) bond motifs is 4. The van der Waals surface area contributed by atoms with Crippen molar-refractivity contribution < 1.29 is 0 Å². The number of rotatable bonds is 4. The molecule has 0 radical (unpaired) electrons. The van der Waals surface area contributed by atoms with Crippen molar-refractivity contribution in [1.82, 2.24) is 10.6 Å². The minimum Gasteiger partial charge on any atom is -0.385 e. The summed E-state index contributed by atoms with van der Waals surface area (Å²) in [6, 6.07) is 2.31. The highest BCUT2D eigenvalue weighted by atomic mass is 15.0. The monoisotopic (exact) mass is 741 g/mol. The molecule has 9 aliphatic carbocycles. The van der Waals surface area contributed by atoms with Crippen LogP contribution in [0.2, 0.25) is 0 Å². The molecular formula is C53H76N2. The van der Waals surface area contributed by atoms with Crippen molar-refractivity contribution in [3.63, 3.8) is 0 Å². The summed E-state index contributed by atoms with van der Waals surface area (Å²) in [4.78, 5) is 0. The summed E-state index contributed by atoms with van der Waals surface area (Å²) in [6.07, 6.45) is 48.0. The zero-order chi connectivity index (χ0) is 36.7. The van der Waals surface area contributed by atoms with Crippen LogP contribution in [0.15, 0.2) is 69.0 Å². The van der Waals surface area contributed by atoms with Crippen molar-refractivity contribution in [3.8, 4) is 0 Å². The summed E-state index contributed by atoms with van der Waals surface area (Å²) in [5.74, 6) is 7.60. The number of piperidine rings is 1. The Kier molecular flexibility index (Phi) is 9.76. The Morgan fingerprint density at radius 2 is 1.42 bits per heavy atom. The van der Waals surface area contributed by atoms with Crippen molar-refractivity contribution in [2.24, 2.45) is 58.7 Å². The van der Waals surface area contributed by atoms with Crippen molar-refractivity contribution in [2.75, 3.05) is 0 Å². The minimum atomic E-state index is 0.185. The van der Waals surface area contributed by atoms with Gasteiger partial charge in [-0.25, -0.2) is 0 Å². The van der Waals surface area contributed by atoms with Gasteiger partial charge >= 0.3 is 0 Å². The van der Waals surface area contributed by atoms with E-state index < -0.39 is 0 Å². The molecule has 55 heavy (non-hydrogen) atoms. The maximum atomic E-state index is 4.35. The lowest BCUT2D eigenvalue weighted by molar-refractivity contribution is 0.00321. The first-order valence-corrected chi connectivity index (χ1v) is 24.8. The second-order valence-corrected chi connectivity index (χ2v) is 21.8. The molecule has 11 aliphatic rings. The van der Waals surface area contributed by atoms with Gasteiger partial charge in [0.25, 0.3) is 0 Å². The Balaban J connectivity index is 1.02. The van der Waals surface area contributed by atoms with E-state index in [1.165, 1.54) is 167 Å². The predicted octanol–water partition coefficient (Wildman–Crippen LogP) is 13.4. The third-order valence-corrected chi connectivity index (χ3v) is 19.1. The van der Waals surface area contributed by atoms with E-state index in [1.54, 1.807) is 16.8 Å². The highest BCUT2D eigenvalue weighted by Gasteiger charge is 2.58. The normalized spacial score (nSPS) is 45.6. The van der Waals surface area contributed by atoms with Gasteiger partial charge in [0.1, 0.15) is 0 Å². The Morgan fingerprint density at radius 1 is 0.673 bits per heavy atom. The first-order chi connectivity index (χ1) is 27.1. The topological polar surface area (TPSA) is 24.1 Å². The van der Waals surface area contributed by atoms with Gasteiger partial charge in [-0.15, -0.1) is 0 Å². The van der Waals surface area contributed by atoms with E-state index in [-0.39, 0.29) is 5.41 Å². The van der Waals surface area contributed by atoms with Crippen LogP contribution >= 0.6 is 0 Å². The molecule has 2 heterocycles.